The highest BCUT2D eigenvalue weighted by Gasteiger charge is 2.24. The van der Waals surface area contributed by atoms with E-state index in [9.17, 15) is 0 Å². The molecule has 0 aromatic heterocycles. The van der Waals surface area contributed by atoms with E-state index in [1.54, 1.807) is 0 Å². The fraction of sp³-hybridized carbons (Fsp3) is 0. The Labute approximate surface area is 291 Å². The van der Waals surface area contributed by atoms with Crippen LogP contribution in [0.2, 0.25) is 0 Å². The van der Waals surface area contributed by atoms with Crippen LogP contribution in [0.25, 0.3) is 76.5 Å². The summed E-state index contributed by atoms with van der Waals surface area (Å²) in [5, 5.41) is 6.79. The average Bonchev–Trinajstić information content (AvgIpc) is 3.12. The molecule has 8 heteroatoms. The number of rotatable bonds is 3. The van der Waals surface area contributed by atoms with E-state index in [1.165, 1.54) is 0 Å². The number of benzene rings is 8. The lowest BCUT2D eigenvalue weighted by Crippen LogP contribution is -2.50. The monoisotopic (exact) mass is 586 g/mol. The summed E-state index contributed by atoms with van der Waals surface area (Å²) in [6.07, 6.45) is 0. The van der Waals surface area contributed by atoms with Gasteiger partial charge in [-0.3, -0.25) is 0 Å². The molecule has 16 radical (unpaired) electrons. The van der Waals surface area contributed by atoms with E-state index in [-0.39, 0.29) is 43.7 Å². The maximum absolute atomic E-state index is 6.93. The molecule has 0 spiro atoms. The summed E-state index contributed by atoms with van der Waals surface area (Å²) in [6.45, 7) is 0. The normalized spacial score (nSPS) is 11.6. The maximum atomic E-state index is 6.93. The zero-order valence-electron chi connectivity index (χ0n) is 26.0. The van der Waals surface area contributed by atoms with Gasteiger partial charge in [0.1, 0.15) is 62.8 Å². The van der Waals surface area contributed by atoms with Gasteiger partial charge in [-0.1, -0.05) is 113 Å². The molecule has 0 nitrogen and oxygen atoms in total. The second-order valence-electron chi connectivity index (χ2n) is 12.3. The van der Waals surface area contributed by atoms with E-state index in [4.69, 9.17) is 62.8 Å². The molecule has 0 atom stereocenters. The number of fused-ring (bicyclic) bond motifs is 4. The quantitative estimate of drug-likeness (QED) is 0.219. The molecule has 0 N–H and O–H groups in total. The predicted octanol–water partition coefficient (Wildman–Crippen LogP) is 1.65. The van der Waals surface area contributed by atoms with Crippen molar-refractivity contribution >= 4 is 150 Å². The molecule has 0 unspecified atom stereocenters. The molecule has 8 aromatic carbocycles. The molecule has 8 aromatic rings. The highest BCUT2D eigenvalue weighted by atomic mass is 14.2. The zero-order chi connectivity index (χ0) is 33.4. The summed E-state index contributed by atoms with van der Waals surface area (Å²) in [6, 6.07) is 37.0. The Morgan fingerprint density at radius 1 is 0.250 bits per heavy atom. The van der Waals surface area contributed by atoms with Gasteiger partial charge in [0.05, 0.1) is 0 Å². The predicted molar refractivity (Wildman–Crippen MR) is 216 cm³/mol. The zero-order valence-corrected chi connectivity index (χ0v) is 26.0. The van der Waals surface area contributed by atoms with Crippen molar-refractivity contribution in [1.29, 1.82) is 0 Å². The van der Waals surface area contributed by atoms with E-state index in [1.807, 2.05) is 54.6 Å². The molecule has 0 saturated heterocycles. The van der Waals surface area contributed by atoms with Crippen LogP contribution in [0.1, 0.15) is 0 Å². The van der Waals surface area contributed by atoms with E-state index in [0.29, 0.717) is 32.7 Å². The third kappa shape index (κ3) is 4.56. The summed E-state index contributed by atoms with van der Waals surface area (Å²) in [4.78, 5) is 0. The molecule has 202 valence electrons. The van der Waals surface area contributed by atoms with Crippen LogP contribution in [0.4, 0.5) is 0 Å². The molecule has 0 aliphatic heterocycles. The van der Waals surface area contributed by atoms with Gasteiger partial charge in [0.25, 0.3) is 0 Å². The summed E-state index contributed by atoms with van der Waals surface area (Å²) < 4.78 is 0. The number of hydrogen-bond acceptors (Lipinski definition) is 0. The van der Waals surface area contributed by atoms with Crippen LogP contribution in [-0.4, -0.2) is 62.8 Å². The van der Waals surface area contributed by atoms with Gasteiger partial charge in [-0.2, -0.15) is 0 Å². The second kappa shape index (κ2) is 11.5. The second-order valence-corrected chi connectivity index (χ2v) is 12.3. The van der Waals surface area contributed by atoms with Crippen molar-refractivity contribution < 1.29 is 0 Å². The molecule has 0 aliphatic carbocycles. The van der Waals surface area contributed by atoms with Crippen molar-refractivity contribution in [3.05, 3.63) is 109 Å². The number of hydrogen-bond donors (Lipinski definition) is 0. The molecular formula is C40H18B8. The highest BCUT2D eigenvalue weighted by molar-refractivity contribution is 6.71. The first-order valence-electron chi connectivity index (χ1n) is 15.5. The van der Waals surface area contributed by atoms with Crippen molar-refractivity contribution in [2.24, 2.45) is 0 Å². The van der Waals surface area contributed by atoms with E-state index in [0.717, 1.165) is 43.8 Å². The molecule has 0 saturated carbocycles. The molecule has 8 rings (SSSR count). The Morgan fingerprint density at radius 2 is 0.583 bits per heavy atom. The molecule has 48 heavy (non-hydrogen) atoms. The lowest BCUT2D eigenvalue weighted by Gasteiger charge is -2.28. The van der Waals surface area contributed by atoms with E-state index < -0.39 is 0 Å². The fourth-order valence-electron chi connectivity index (χ4n) is 7.09. The Balaban J connectivity index is 1.57. The maximum Gasteiger partial charge on any atom is 0.113 e. The Bertz CT molecular complexity index is 2580. The van der Waals surface area contributed by atoms with Crippen LogP contribution in [0, 0.1) is 0 Å². The minimum absolute atomic E-state index is 0.186. The summed E-state index contributed by atoms with van der Waals surface area (Å²) in [5.41, 5.74) is 6.90. The first-order valence-corrected chi connectivity index (χ1v) is 15.5. The lowest BCUT2D eigenvalue weighted by molar-refractivity contribution is 1.64. The van der Waals surface area contributed by atoms with Gasteiger partial charge in [-0.05, 0) is 94.7 Å². The molecule has 0 aliphatic rings. The average molecular weight is 585 g/mol. The van der Waals surface area contributed by atoms with Gasteiger partial charge in [-0.15, -0.1) is 21.9 Å². The Kier molecular flexibility index (Phi) is 7.33. The van der Waals surface area contributed by atoms with Crippen LogP contribution in [0.3, 0.4) is 0 Å². The first kappa shape index (κ1) is 30.6. The van der Waals surface area contributed by atoms with Crippen LogP contribution in [0.5, 0.6) is 0 Å². The van der Waals surface area contributed by atoms with Gasteiger partial charge in [0, 0.05) is 0 Å². The van der Waals surface area contributed by atoms with Gasteiger partial charge in [0.15, 0.2) is 0 Å². The van der Waals surface area contributed by atoms with Crippen molar-refractivity contribution in [2.45, 2.75) is 0 Å². The largest absolute Gasteiger partial charge is 0.113 e. The SMILES string of the molecule is [B]c1c([B])c([B])c2c(-c3ccc4ccccc4c3)c3c([B])c([B])c([B])c([B])c3c(-c3cccc(-c4ccc5ccccc5c4)c3)c2c1[B]. The van der Waals surface area contributed by atoms with E-state index >= 15 is 0 Å². The van der Waals surface area contributed by atoms with Gasteiger partial charge < -0.3 is 0 Å². The van der Waals surface area contributed by atoms with E-state index in [2.05, 4.69) is 54.6 Å². The third-order valence-electron chi connectivity index (χ3n) is 9.59. The Hall–Kier alpha value is -4.68. The Morgan fingerprint density at radius 3 is 1.04 bits per heavy atom. The topological polar surface area (TPSA) is 0 Å². The van der Waals surface area contributed by atoms with Crippen molar-refractivity contribution in [2.75, 3.05) is 0 Å². The standard InChI is InChI=1S/C40H18B8/c41-33-29-27(25-11-5-10-23(18-25)24-14-12-19-6-1-3-8-21(19)16-24)30-32(36(44)40(48)38(46)34(30)42)28(31(29)35(43)39(47)37(33)45)26-15-13-20-7-2-4-9-22(20)17-26/h1-18H. The molecular weight excluding hydrogens is 567 g/mol. The molecule has 0 bridgehead atoms. The van der Waals surface area contributed by atoms with Gasteiger partial charge in [0.2, 0.25) is 0 Å². The van der Waals surface area contributed by atoms with Crippen LogP contribution in [-0.2, 0) is 0 Å². The lowest BCUT2D eigenvalue weighted by atomic mass is 9.59. The van der Waals surface area contributed by atoms with Gasteiger partial charge in [-0.25, -0.2) is 0 Å². The van der Waals surface area contributed by atoms with Crippen LogP contribution < -0.4 is 43.7 Å². The summed E-state index contributed by atoms with van der Waals surface area (Å²) in [7, 11) is 54.0. The highest BCUT2D eigenvalue weighted by Crippen LogP contribution is 2.42. The van der Waals surface area contributed by atoms with Crippen LogP contribution >= 0.6 is 0 Å². The molecule has 0 heterocycles. The van der Waals surface area contributed by atoms with Crippen molar-refractivity contribution in [1.82, 2.24) is 0 Å². The molecule has 0 amide bonds. The van der Waals surface area contributed by atoms with Crippen LogP contribution in [0.15, 0.2) is 109 Å². The molecule has 0 fully saturated rings. The van der Waals surface area contributed by atoms with Gasteiger partial charge >= 0.3 is 0 Å². The van der Waals surface area contributed by atoms with Crippen molar-refractivity contribution in [3.8, 4) is 33.4 Å². The van der Waals surface area contributed by atoms with Crippen molar-refractivity contribution in [3.63, 3.8) is 0 Å². The summed E-state index contributed by atoms with van der Waals surface area (Å²) >= 11 is 0. The smallest absolute Gasteiger partial charge is 0.110 e. The first-order chi connectivity index (χ1) is 23.2. The minimum atomic E-state index is 0.186. The summed E-state index contributed by atoms with van der Waals surface area (Å²) in [5.74, 6) is 0. The fourth-order valence-corrected chi connectivity index (χ4v) is 7.09. The minimum Gasteiger partial charge on any atom is -0.110 e. The third-order valence-corrected chi connectivity index (χ3v) is 9.59.